The summed E-state index contributed by atoms with van der Waals surface area (Å²) in [6, 6.07) is 15.6. The Bertz CT molecular complexity index is 773. The Morgan fingerprint density at radius 2 is 1.73 bits per heavy atom. The number of urea groups is 1. The minimum Gasteiger partial charge on any atom is -0.335 e. The summed E-state index contributed by atoms with van der Waals surface area (Å²) in [5, 5.41) is 8.52. The van der Waals surface area contributed by atoms with E-state index in [2.05, 4.69) is 41.1 Å². The van der Waals surface area contributed by atoms with Crippen molar-refractivity contribution in [2.75, 3.05) is 16.4 Å². The van der Waals surface area contributed by atoms with Crippen molar-refractivity contribution in [1.82, 2.24) is 5.32 Å². The third-order valence-electron chi connectivity index (χ3n) is 3.92. The van der Waals surface area contributed by atoms with Crippen molar-refractivity contribution in [2.24, 2.45) is 0 Å². The van der Waals surface area contributed by atoms with E-state index in [9.17, 15) is 9.59 Å². The number of anilines is 2. The van der Waals surface area contributed by atoms with Gasteiger partial charge in [0.05, 0.1) is 5.75 Å². The second kappa shape index (κ2) is 8.76. The maximum absolute atomic E-state index is 12.0. The highest BCUT2D eigenvalue weighted by Gasteiger charge is 2.23. The molecule has 0 saturated heterocycles. The standard InChI is InChI=1S/C20H23N3O2S/c1-14-3-2-4-15(11-14)12-26-13-19(24)21-16-5-7-17(8-6-16)22-20(25)23-18-9-10-18/h2-8,11,18H,9-10,12-13H2,1H3,(H,21,24)(H2,22,23,25). The molecule has 1 saturated carbocycles. The van der Waals surface area contributed by atoms with Crippen LogP contribution in [0.5, 0.6) is 0 Å². The first-order chi connectivity index (χ1) is 12.6. The van der Waals surface area contributed by atoms with Gasteiger partial charge >= 0.3 is 6.03 Å². The highest BCUT2D eigenvalue weighted by molar-refractivity contribution is 7.99. The van der Waals surface area contributed by atoms with Crippen LogP contribution >= 0.6 is 11.8 Å². The Balaban J connectivity index is 1.40. The molecule has 26 heavy (non-hydrogen) atoms. The highest BCUT2D eigenvalue weighted by atomic mass is 32.2. The van der Waals surface area contributed by atoms with Gasteiger partial charge in [0.2, 0.25) is 5.91 Å². The Labute approximate surface area is 157 Å². The molecule has 0 spiro atoms. The number of thioether (sulfide) groups is 1. The molecule has 0 unspecified atom stereocenters. The Kier molecular flexibility index (Phi) is 6.17. The largest absolute Gasteiger partial charge is 0.335 e. The van der Waals surface area contributed by atoms with Crippen LogP contribution in [0, 0.1) is 6.92 Å². The van der Waals surface area contributed by atoms with Crippen molar-refractivity contribution >= 4 is 35.1 Å². The molecule has 6 heteroatoms. The van der Waals surface area contributed by atoms with Crippen molar-refractivity contribution in [3.63, 3.8) is 0 Å². The average Bonchev–Trinajstić information content (AvgIpc) is 3.40. The fraction of sp³-hybridized carbons (Fsp3) is 0.300. The monoisotopic (exact) mass is 369 g/mol. The minimum absolute atomic E-state index is 0.0326. The Hall–Kier alpha value is -2.47. The smallest absolute Gasteiger partial charge is 0.319 e. The molecular weight excluding hydrogens is 346 g/mol. The lowest BCUT2D eigenvalue weighted by Gasteiger charge is -2.09. The predicted molar refractivity (Wildman–Crippen MR) is 108 cm³/mol. The maximum Gasteiger partial charge on any atom is 0.319 e. The molecule has 1 aliphatic rings. The fourth-order valence-corrected chi connectivity index (χ4v) is 3.25. The topological polar surface area (TPSA) is 70.2 Å². The molecule has 3 rings (SSSR count). The second-order valence-electron chi connectivity index (χ2n) is 6.48. The quantitative estimate of drug-likeness (QED) is 0.687. The molecule has 136 valence electrons. The molecule has 1 fully saturated rings. The van der Waals surface area contributed by atoms with Gasteiger partial charge in [-0.1, -0.05) is 29.8 Å². The van der Waals surface area contributed by atoms with Crippen LogP contribution in [0.1, 0.15) is 24.0 Å². The lowest BCUT2D eigenvalue weighted by Crippen LogP contribution is -2.30. The summed E-state index contributed by atoms with van der Waals surface area (Å²) in [6.07, 6.45) is 2.11. The van der Waals surface area contributed by atoms with Gasteiger partial charge in [0.15, 0.2) is 0 Å². The van der Waals surface area contributed by atoms with E-state index < -0.39 is 0 Å². The van der Waals surface area contributed by atoms with Crippen molar-refractivity contribution in [3.8, 4) is 0 Å². The molecular formula is C20H23N3O2S. The van der Waals surface area contributed by atoms with Gasteiger partial charge in [0.1, 0.15) is 0 Å². The van der Waals surface area contributed by atoms with Gasteiger partial charge in [-0.15, -0.1) is 11.8 Å². The summed E-state index contributed by atoms with van der Waals surface area (Å²) < 4.78 is 0. The van der Waals surface area contributed by atoms with Crippen molar-refractivity contribution in [3.05, 3.63) is 59.7 Å². The van der Waals surface area contributed by atoms with Crippen LogP contribution < -0.4 is 16.0 Å². The van der Waals surface area contributed by atoms with Crippen molar-refractivity contribution in [2.45, 2.75) is 31.6 Å². The number of aryl methyl sites for hydroxylation is 1. The average molecular weight is 369 g/mol. The van der Waals surface area contributed by atoms with E-state index in [-0.39, 0.29) is 11.9 Å². The first kappa shape index (κ1) is 18.3. The van der Waals surface area contributed by atoms with E-state index in [1.165, 1.54) is 11.1 Å². The molecule has 3 N–H and O–H groups in total. The number of hydrogen-bond donors (Lipinski definition) is 3. The number of carbonyl (C=O) groups excluding carboxylic acids is 2. The van der Waals surface area contributed by atoms with E-state index in [4.69, 9.17) is 0 Å². The van der Waals surface area contributed by atoms with Crippen LogP contribution in [0.4, 0.5) is 16.2 Å². The van der Waals surface area contributed by atoms with Crippen LogP contribution in [0.3, 0.4) is 0 Å². The Morgan fingerprint density at radius 3 is 2.38 bits per heavy atom. The minimum atomic E-state index is -0.183. The van der Waals surface area contributed by atoms with E-state index in [0.717, 1.165) is 24.3 Å². The van der Waals surface area contributed by atoms with Gasteiger partial charge in [-0.3, -0.25) is 4.79 Å². The van der Waals surface area contributed by atoms with E-state index in [1.54, 1.807) is 36.0 Å². The van der Waals surface area contributed by atoms with Gasteiger partial charge in [-0.05, 0) is 49.6 Å². The number of carbonyl (C=O) groups is 2. The zero-order chi connectivity index (χ0) is 18.4. The first-order valence-corrected chi connectivity index (χ1v) is 9.85. The second-order valence-corrected chi connectivity index (χ2v) is 7.47. The lowest BCUT2D eigenvalue weighted by atomic mass is 10.2. The van der Waals surface area contributed by atoms with Crippen molar-refractivity contribution < 1.29 is 9.59 Å². The van der Waals surface area contributed by atoms with E-state index in [1.807, 2.05) is 6.07 Å². The molecule has 0 heterocycles. The van der Waals surface area contributed by atoms with Crippen LogP contribution in [-0.4, -0.2) is 23.7 Å². The van der Waals surface area contributed by atoms with Gasteiger partial charge < -0.3 is 16.0 Å². The van der Waals surface area contributed by atoms with Gasteiger partial charge in [0.25, 0.3) is 0 Å². The zero-order valence-electron chi connectivity index (χ0n) is 14.7. The lowest BCUT2D eigenvalue weighted by molar-refractivity contribution is -0.113. The van der Waals surface area contributed by atoms with Gasteiger partial charge in [-0.2, -0.15) is 0 Å². The van der Waals surface area contributed by atoms with Crippen LogP contribution in [-0.2, 0) is 10.5 Å². The summed E-state index contributed by atoms with van der Waals surface area (Å²) in [5.74, 6) is 1.18. The first-order valence-electron chi connectivity index (χ1n) is 8.69. The molecule has 3 amide bonds. The molecule has 0 radical (unpaired) electrons. The molecule has 0 atom stereocenters. The summed E-state index contributed by atoms with van der Waals surface area (Å²) in [7, 11) is 0. The summed E-state index contributed by atoms with van der Waals surface area (Å²) in [6.45, 7) is 2.06. The van der Waals surface area contributed by atoms with Crippen LogP contribution in [0.2, 0.25) is 0 Å². The normalized spacial score (nSPS) is 13.1. The molecule has 2 aromatic carbocycles. The van der Waals surface area contributed by atoms with E-state index >= 15 is 0 Å². The molecule has 2 aromatic rings. The molecule has 5 nitrogen and oxygen atoms in total. The zero-order valence-corrected chi connectivity index (χ0v) is 15.6. The predicted octanol–water partition coefficient (Wildman–Crippen LogP) is 4.15. The van der Waals surface area contributed by atoms with Crippen LogP contribution in [0.15, 0.2) is 48.5 Å². The number of hydrogen-bond acceptors (Lipinski definition) is 3. The molecule has 0 aromatic heterocycles. The molecule has 0 bridgehead atoms. The summed E-state index contributed by atoms with van der Waals surface area (Å²) in [5.41, 5.74) is 3.88. The number of amides is 3. The molecule has 0 aliphatic heterocycles. The molecule has 1 aliphatic carbocycles. The number of benzene rings is 2. The Morgan fingerprint density at radius 1 is 1.04 bits per heavy atom. The van der Waals surface area contributed by atoms with Crippen LogP contribution in [0.25, 0.3) is 0 Å². The number of nitrogens with one attached hydrogen (secondary N) is 3. The maximum atomic E-state index is 12.0. The van der Waals surface area contributed by atoms with E-state index in [0.29, 0.717) is 17.5 Å². The summed E-state index contributed by atoms with van der Waals surface area (Å²) in [4.78, 5) is 23.7. The van der Waals surface area contributed by atoms with Gasteiger partial charge in [-0.25, -0.2) is 4.79 Å². The fourth-order valence-electron chi connectivity index (χ4n) is 2.48. The third kappa shape index (κ3) is 6.11. The van der Waals surface area contributed by atoms with Gasteiger partial charge in [0, 0.05) is 23.2 Å². The SMILES string of the molecule is Cc1cccc(CSCC(=O)Nc2ccc(NC(=O)NC3CC3)cc2)c1. The summed E-state index contributed by atoms with van der Waals surface area (Å²) >= 11 is 1.59. The van der Waals surface area contributed by atoms with Crippen molar-refractivity contribution in [1.29, 1.82) is 0 Å². The number of rotatable bonds is 7. The highest BCUT2D eigenvalue weighted by Crippen LogP contribution is 2.19. The third-order valence-corrected chi connectivity index (χ3v) is 4.93.